The first-order chi connectivity index (χ1) is 7.18. The van der Waals surface area contributed by atoms with Gasteiger partial charge < -0.3 is 10.4 Å². The normalized spacial score (nSPS) is 22.4. The molecule has 0 spiro atoms. The van der Waals surface area contributed by atoms with Crippen molar-refractivity contribution in [3.8, 4) is 0 Å². The van der Waals surface area contributed by atoms with Gasteiger partial charge in [0.1, 0.15) is 0 Å². The van der Waals surface area contributed by atoms with E-state index in [1.54, 1.807) is 0 Å². The van der Waals surface area contributed by atoms with Crippen LogP contribution in [0.4, 0.5) is 0 Å². The number of nitrogens with one attached hydrogen (secondary N) is 1. The van der Waals surface area contributed by atoms with Gasteiger partial charge in [-0.2, -0.15) is 0 Å². The molecule has 88 valence electrons. The summed E-state index contributed by atoms with van der Waals surface area (Å²) in [6.07, 6.45) is 7.35. The summed E-state index contributed by atoms with van der Waals surface area (Å²) in [6.45, 7) is 4.94. The van der Waals surface area contributed by atoms with Gasteiger partial charge in [0.15, 0.2) is 0 Å². The second-order valence-electron chi connectivity index (χ2n) is 5.51. The highest BCUT2D eigenvalue weighted by Crippen LogP contribution is 2.44. The zero-order valence-electron chi connectivity index (χ0n) is 10.1. The van der Waals surface area contributed by atoms with E-state index in [-0.39, 0.29) is 0 Å². The Morgan fingerprint density at radius 3 is 1.93 bits per heavy atom. The number of hydrogen-bond acceptors (Lipinski definition) is 2. The van der Waals surface area contributed by atoms with Crippen LogP contribution in [-0.4, -0.2) is 23.3 Å². The van der Waals surface area contributed by atoms with E-state index < -0.39 is 5.60 Å². The summed E-state index contributed by atoms with van der Waals surface area (Å²) in [5.74, 6) is 1.85. The molecule has 0 heterocycles. The lowest BCUT2D eigenvalue weighted by Gasteiger charge is -2.29. The molecule has 0 unspecified atom stereocenters. The Labute approximate surface area is 93.5 Å². The highest BCUT2D eigenvalue weighted by Gasteiger charge is 2.41. The monoisotopic (exact) mass is 211 g/mol. The smallest absolute Gasteiger partial charge is 0.0766 e. The SMILES string of the molecule is CCC(O)(CC)CNC(C1CC1)C1CC1. The van der Waals surface area contributed by atoms with Crippen LogP contribution in [0.5, 0.6) is 0 Å². The molecule has 0 bridgehead atoms. The van der Waals surface area contributed by atoms with Crippen molar-refractivity contribution in [2.24, 2.45) is 11.8 Å². The van der Waals surface area contributed by atoms with Gasteiger partial charge in [-0.15, -0.1) is 0 Å². The molecule has 0 saturated heterocycles. The van der Waals surface area contributed by atoms with Gasteiger partial charge in [0.2, 0.25) is 0 Å². The first-order valence-corrected chi connectivity index (χ1v) is 6.64. The highest BCUT2D eigenvalue weighted by molar-refractivity contribution is 4.97. The zero-order chi connectivity index (χ0) is 10.9. The van der Waals surface area contributed by atoms with Crippen molar-refractivity contribution >= 4 is 0 Å². The molecule has 2 fully saturated rings. The number of rotatable bonds is 7. The number of aliphatic hydroxyl groups is 1. The molecule has 0 aromatic heterocycles. The number of hydrogen-bond donors (Lipinski definition) is 2. The Morgan fingerprint density at radius 1 is 1.13 bits per heavy atom. The predicted octanol–water partition coefficient (Wildman–Crippen LogP) is 2.32. The van der Waals surface area contributed by atoms with E-state index >= 15 is 0 Å². The van der Waals surface area contributed by atoms with Crippen LogP contribution < -0.4 is 5.32 Å². The maximum absolute atomic E-state index is 10.2. The van der Waals surface area contributed by atoms with Crippen molar-refractivity contribution in [1.82, 2.24) is 5.32 Å². The minimum absolute atomic E-state index is 0.470. The van der Waals surface area contributed by atoms with Crippen molar-refractivity contribution in [3.63, 3.8) is 0 Å². The molecule has 2 heteroatoms. The summed E-state index contributed by atoms with van der Waals surface area (Å²) in [4.78, 5) is 0. The van der Waals surface area contributed by atoms with Gasteiger partial charge in [0.05, 0.1) is 5.60 Å². The maximum Gasteiger partial charge on any atom is 0.0766 e. The minimum Gasteiger partial charge on any atom is -0.389 e. The van der Waals surface area contributed by atoms with Gasteiger partial charge in [-0.3, -0.25) is 0 Å². The summed E-state index contributed by atoms with van der Waals surface area (Å²) in [7, 11) is 0. The molecule has 15 heavy (non-hydrogen) atoms. The van der Waals surface area contributed by atoms with Crippen molar-refractivity contribution in [1.29, 1.82) is 0 Å². The van der Waals surface area contributed by atoms with Gasteiger partial charge in [0, 0.05) is 12.6 Å². The molecule has 2 aliphatic carbocycles. The zero-order valence-corrected chi connectivity index (χ0v) is 10.1. The summed E-state index contributed by atoms with van der Waals surface area (Å²) in [6, 6.07) is 0.717. The van der Waals surface area contributed by atoms with Crippen LogP contribution in [0.2, 0.25) is 0 Å². The van der Waals surface area contributed by atoms with E-state index in [0.29, 0.717) is 0 Å². The Bertz CT molecular complexity index is 193. The van der Waals surface area contributed by atoms with Crippen molar-refractivity contribution in [2.45, 2.75) is 64.0 Å². The molecule has 0 radical (unpaired) electrons. The molecule has 2 N–H and O–H groups in total. The Hall–Kier alpha value is -0.0800. The largest absolute Gasteiger partial charge is 0.389 e. The predicted molar refractivity (Wildman–Crippen MR) is 62.8 cm³/mol. The minimum atomic E-state index is -0.470. The Kier molecular flexibility index (Phi) is 3.36. The van der Waals surface area contributed by atoms with Crippen molar-refractivity contribution in [3.05, 3.63) is 0 Å². The summed E-state index contributed by atoms with van der Waals surface area (Å²) in [5.41, 5.74) is -0.470. The quantitative estimate of drug-likeness (QED) is 0.677. The first kappa shape index (κ1) is 11.4. The molecule has 0 aromatic carbocycles. The topological polar surface area (TPSA) is 32.3 Å². The molecule has 2 nitrogen and oxygen atoms in total. The second-order valence-corrected chi connectivity index (χ2v) is 5.51. The first-order valence-electron chi connectivity index (χ1n) is 6.64. The van der Waals surface area contributed by atoms with Crippen LogP contribution in [0.3, 0.4) is 0 Å². The van der Waals surface area contributed by atoms with Gasteiger partial charge in [-0.05, 0) is 50.4 Å². The Morgan fingerprint density at radius 2 is 1.60 bits per heavy atom. The third kappa shape index (κ3) is 2.94. The average Bonchev–Trinajstić information content (AvgIpc) is 3.10. The lowest BCUT2D eigenvalue weighted by atomic mass is 9.96. The van der Waals surface area contributed by atoms with E-state index in [0.717, 1.165) is 37.3 Å². The molecule has 0 aliphatic heterocycles. The van der Waals surface area contributed by atoms with Gasteiger partial charge in [-0.1, -0.05) is 13.8 Å². The summed E-state index contributed by atoms with van der Waals surface area (Å²) in [5, 5.41) is 13.9. The third-order valence-electron chi connectivity index (χ3n) is 4.24. The van der Waals surface area contributed by atoms with Gasteiger partial charge in [0.25, 0.3) is 0 Å². The van der Waals surface area contributed by atoms with Crippen molar-refractivity contribution in [2.75, 3.05) is 6.54 Å². The third-order valence-corrected chi connectivity index (χ3v) is 4.24. The Balaban J connectivity index is 1.79. The second kappa shape index (κ2) is 4.42. The van der Waals surface area contributed by atoms with E-state index in [9.17, 15) is 5.11 Å². The maximum atomic E-state index is 10.2. The van der Waals surface area contributed by atoms with Crippen LogP contribution in [0.15, 0.2) is 0 Å². The fourth-order valence-electron chi connectivity index (χ4n) is 2.44. The molecule has 0 aromatic rings. The summed E-state index contributed by atoms with van der Waals surface area (Å²) < 4.78 is 0. The van der Waals surface area contributed by atoms with E-state index in [4.69, 9.17) is 0 Å². The van der Waals surface area contributed by atoms with E-state index in [2.05, 4.69) is 19.2 Å². The lowest BCUT2D eigenvalue weighted by molar-refractivity contribution is 0.0284. The van der Waals surface area contributed by atoms with E-state index in [1.807, 2.05) is 0 Å². The molecular weight excluding hydrogens is 186 g/mol. The van der Waals surface area contributed by atoms with Gasteiger partial charge in [-0.25, -0.2) is 0 Å². The molecule has 2 rings (SSSR count). The van der Waals surface area contributed by atoms with Crippen LogP contribution in [0.25, 0.3) is 0 Å². The van der Waals surface area contributed by atoms with Crippen LogP contribution in [0, 0.1) is 11.8 Å². The van der Waals surface area contributed by atoms with Crippen molar-refractivity contribution < 1.29 is 5.11 Å². The molecule has 2 saturated carbocycles. The molecular formula is C13H25NO. The standard InChI is InChI=1S/C13H25NO/c1-3-13(15,4-2)9-14-12(10-5-6-10)11-7-8-11/h10-12,14-15H,3-9H2,1-2H3. The average molecular weight is 211 g/mol. The fraction of sp³-hybridized carbons (Fsp3) is 1.00. The lowest BCUT2D eigenvalue weighted by Crippen LogP contribution is -2.45. The molecule has 2 aliphatic rings. The van der Waals surface area contributed by atoms with Crippen LogP contribution >= 0.6 is 0 Å². The van der Waals surface area contributed by atoms with Crippen LogP contribution in [-0.2, 0) is 0 Å². The van der Waals surface area contributed by atoms with E-state index in [1.165, 1.54) is 25.7 Å². The molecule has 0 atom stereocenters. The molecule has 0 amide bonds. The summed E-state index contributed by atoms with van der Waals surface area (Å²) >= 11 is 0. The van der Waals surface area contributed by atoms with Gasteiger partial charge >= 0.3 is 0 Å². The fourth-order valence-corrected chi connectivity index (χ4v) is 2.44. The highest BCUT2D eigenvalue weighted by atomic mass is 16.3. The van der Waals surface area contributed by atoms with Crippen LogP contribution in [0.1, 0.15) is 52.4 Å².